The molecule has 1 N–H and O–H groups in total. The highest BCUT2D eigenvalue weighted by Crippen LogP contribution is 2.16. The van der Waals surface area contributed by atoms with Gasteiger partial charge >= 0.3 is 0 Å². The molecule has 0 aliphatic rings. The molecule has 0 saturated carbocycles. The lowest BCUT2D eigenvalue weighted by atomic mass is 10.2. The Balaban J connectivity index is 2.44. The number of anilines is 1. The molecule has 0 aliphatic heterocycles. The minimum absolute atomic E-state index is 0.0364. The first-order valence-electron chi connectivity index (χ1n) is 4.42. The predicted molar refractivity (Wildman–Crippen MR) is 55.0 cm³/mol. The summed E-state index contributed by atoms with van der Waals surface area (Å²) < 4.78 is 0. The number of hydrogen-bond acceptors (Lipinski definition) is 4. The van der Waals surface area contributed by atoms with Gasteiger partial charge in [-0.25, -0.2) is 4.98 Å². The molecular weight excluding hydrogens is 198 g/mol. The van der Waals surface area contributed by atoms with Crippen LogP contribution in [0.4, 0.5) is 5.13 Å². The van der Waals surface area contributed by atoms with Crippen LogP contribution in [0.5, 0.6) is 0 Å². The molecule has 1 aromatic rings. The number of carbonyl (C=O) groups excluding carboxylic acids is 1. The largest absolute Gasteiger partial charge is 0.302 e. The summed E-state index contributed by atoms with van der Waals surface area (Å²) in [6.45, 7) is 2.03. The summed E-state index contributed by atoms with van der Waals surface area (Å²) >= 11 is 1.19. The van der Waals surface area contributed by atoms with E-state index in [1.54, 1.807) is 0 Å². The molecule has 4 nitrogen and oxygen atoms in total. The van der Waals surface area contributed by atoms with E-state index in [0.29, 0.717) is 16.4 Å². The van der Waals surface area contributed by atoms with Crippen LogP contribution in [-0.2, 0) is 4.79 Å². The van der Waals surface area contributed by atoms with E-state index in [1.807, 2.05) is 13.0 Å². The maximum Gasteiger partial charge on any atom is 0.226 e. The third kappa shape index (κ3) is 3.15. The van der Waals surface area contributed by atoms with Crippen LogP contribution in [0.25, 0.3) is 0 Å². The zero-order chi connectivity index (χ0) is 10.4. The molecule has 0 bridgehead atoms. The second-order valence-corrected chi connectivity index (χ2v) is 3.82. The summed E-state index contributed by atoms with van der Waals surface area (Å²) in [7, 11) is 0. The average Bonchev–Trinajstić information content (AvgIpc) is 2.62. The second kappa shape index (κ2) is 5.35. The predicted octanol–water partition coefficient (Wildman–Crippen LogP) is 2.14. The van der Waals surface area contributed by atoms with Gasteiger partial charge in [-0.2, -0.15) is 5.26 Å². The summed E-state index contributed by atoms with van der Waals surface area (Å²) in [5, 5.41) is 11.7. The lowest BCUT2D eigenvalue weighted by Crippen LogP contribution is -2.10. The molecule has 1 rings (SSSR count). The molecule has 0 aromatic carbocycles. The standard InChI is InChI=1S/C9H11N3OS/c1-2-3-4-8(13)12-9-11-6-7(5-10)14-9/h6H,2-4H2,1H3,(H,11,12,13). The number of rotatable bonds is 4. The van der Waals surface area contributed by atoms with Gasteiger partial charge in [0.25, 0.3) is 0 Å². The van der Waals surface area contributed by atoms with Gasteiger partial charge in [0.15, 0.2) is 5.13 Å². The Labute approximate surface area is 86.6 Å². The molecule has 1 amide bonds. The Morgan fingerprint density at radius 1 is 1.79 bits per heavy atom. The van der Waals surface area contributed by atoms with Crippen LogP contribution in [0, 0.1) is 11.3 Å². The van der Waals surface area contributed by atoms with Gasteiger partial charge in [0.2, 0.25) is 5.91 Å². The first kappa shape index (κ1) is 10.7. The molecular formula is C9H11N3OS. The molecule has 0 unspecified atom stereocenters. The number of amides is 1. The van der Waals surface area contributed by atoms with E-state index < -0.39 is 0 Å². The maximum absolute atomic E-state index is 11.2. The van der Waals surface area contributed by atoms with Crippen LogP contribution in [0.2, 0.25) is 0 Å². The van der Waals surface area contributed by atoms with E-state index >= 15 is 0 Å². The second-order valence-electron chi connectivity index (χ2n) is 2.79. The maximum atomic E-state index is 11.2. The fourth-order valence-corrected chi connectivity index (χ4v) is 1.53. The third-order valence-electron chi connectivity index (χ3n) is 1.62. The number of aromatic nitrogens is 1. The van der Waals surface area contributed by atoms with Crippen molar-refractivity contribution < 1.29 is 4.79 Å². The number of nitriles is 1. The molecule has 1 heterocycles. The third-order valence-corrected chi connectivity index (χ3v) is 2.44. The van der Waals surface area contributed by atoms with E-state index in [1.165, 1.54) is 17.5 Å². The molecule has 0 aliphatic carbocycles. The van der Waals surface area contributed by atoms with E-state index in [9.17, 15) is 4.79 Å². The molecule has 74 valence electrons. The van der Waals surface area contributed by atoms with Crippen LogP contribution >= 0.6 is 11.3 Å². The first-order chi connectivity index (χ1) is 6.76. The highest BCUT2D eigenvalue weighted by molar-refractivity contribution is 7.16. The molecule has 0 radical (unpaired) electrons. The summed E-state index contributed by atoms with van der Waals surface area (Å²) in [5.41, 5.74) is 0. The number of nitrogens with one attached hydrogen (secondary N) is 1. The Bertz CT molecular complexity index is 353. The smallest absolute Gasteiger partial charge is 0.226 e. The van der Waals surface area contributed by atoms with Crippen molar-refractivity contribution >= 4 is 22.4 Å². The average molecular weight is 209 g/mol. The Morgan fingerprint density at radius 2 is 2.57 bits per heavy atom. The molecule has 0 atom stereocenters. The fraction of sp³-hybridized carbons (Fsp3) is 0.444. The Kier molecular flexibility index (Phi) is 4.08. The zero-order valence-corrected chi connectivity index (χ0v) is 8.73. The van der Waals surface area contributed by atoms with E-state index in [-0.39, 0.29) is 5.91 Å². The van der Waals surface area contributed by atoms with E-state index in [4.69, 9.17) is 5.26 Å². The Hall–Kier alpha value is -1.41. The van der Waals surface area contributed by atoms with Crippen LogP contribution in [-0.4, -0.2) is 10.9 Å². The Morgan fingerprint density at radius 3 is 3.14 bits per heavy atom. The number of thiazole rings is 1. The van der Waals surface area contributed by atoms with Gasteiger partial charge in [0, 0.05) is 6.42 Å². The number of unbranched alkanes of at least 4 members (excludes halogenated alkanes) is 1. The zero-order valence-electron chi connectivity index (χ0n) is 7.91. The molecule has 0 fully saturated rings. The highest BCUT2D eigenvalue weighted by atomic mass is 32.1. The van der Waals surface area contributed by atoms with Crippen molar-refractivity contribution in [1.29, 1.82) is 5.26 Å². The molecule has 0 spiro atoms. The SMILES string of the molecule is CCCCC(=O)Nc1ncc(C#N)s1. The highest BCUT2D eigenvalue weighted by Gasteiger charge is 2.05. The first-order valence-corrected chi connectivity index (χ1v) is 5.23. The fourth-order valence-electron chi connectivity index (χ4n) is 0.903. The monoisotopic (exact) mass is 209 g/mol. The van der Waals surface area contributed by atoms with Crippen molar-refractivity contribution in [3.8, 4) is 6.07 Å². The normalized spacial score (nSPS) is 9.43. The topological polar surface area (TPSA) is 65.8 Å². The molecule has 5 heteroatoms. The van der Waals surface area contributed by atoms with Crippen molar-refractivity contribution in [2.24, 2.45) is 0 Å². The van der Waals surface area contributed by atoms with Gasteiger partial charge in [0.1, 0.15) is 10.9 Å². The van der Waals surface area contributed by atoms with Crippen molar-refractivity contribution in [3.63, 3.8) is 0 Å². The van der Waals surface area contributed by atoms with Gasteiger partial charge in [-0.3, -0.25) is 4.79 Å². The van der Waals surface area contributed by atoms with Crippen LogP contribution in [0.3, 0.4) is 0 Å². The lowest BCUT2D eigenvalue weighted by Gasteiger charge is -1.98. The van der Waals surface area contributed by atoms with Crippen LogP contribution in [0.15, 0.2) is 6.20 Å². The molecule has 14 heavy (non-hydrogen) atoms. The minimum atomic E-state index is -0.0364. The van der Waals surface area contributed by atoms with E-state index in [2.05, 4.69) is 10.3 Å². The van der Waals surface area contributed by atoms with Crippen molar-refractivity contribution in [2.75, 3.05) is 5.32 Å². The summed E-state index contributed by atoms with van der Waals surface area (Å²) in [6, 6.07) is 1.97. The van der Waals surface area contributed by atoms with Gasteiger partial charge < -0.3 is 5.32 Å². The number of carbonyl (C=O) groups is 1. The van der Waals surface area contributed by atoms with Crippen molar-refractivity contribution in [1.82, 2.24) is 4.98 Å². The number of nitrogens with zero attached hydrogens (tertiary/aromatic N) is 2. The summed E-state index contributed by atoms with van der Waals surface area (Å²) in [4.78, 5) is 15.7. The van der Waals surface area contributed by atoms with Gasteiger partial charge in [-0.15, -0.1) is 0 Å². The summed E-state index contributed by atoms with van der Waals surface area (Å²) in [5.74, 6) is -0.0364. The van der Waals surface area contributed by atoms with Crippen LogP contribution in [0.1, 0.15) is 31.1 Å². The van der Waals surface area contributed by atoms with Gasteiger partial charge in [-0.1, -0.05) is 24.7 Å². The quantitative estimate of drug-likeness (QED) is 0.826. The van der Waals surface area contributed by atoms with Crippen molar-refractivity contribution in [2.45, 2.75) is 26.2 Å². The molecule has 1 aromatic heterocycles. The van der Waals surface area contributed by atoms with Gasteiger partial charge in [0.05, 0.1) is 6.20 Å². The van der Waals surface area contributed by atoms with Gasteiger partial charge in [-0.05, 0) is 6.42 Å². The van der Waals surface area contributed by atoms with E-state index in [0.717, 1.165) is 12.8 Å². The summed E-state index contributed by atoms with van der Waals surface area (Å²) in [6.07, 6.45) is 3.84. The minimum Gasteiger partial charge on any atom is -0.302 e. The lowest BCUT2D eigenvalue weighted by molar-refractivity contribution is -0.116. The number of hydrogen-bond donors (Lipinski definition) is 1. The van der Waals surface area contributed by atoms with Crippen LogP contribution < -0.4 is 5.32 Å². The van der Waals surface area contributed by atoms with Crippen molar-refractivity contribution in [3.05, 3.63) is 11.1 Å². The molecule has 0 saturated heterocycles.